The van der Waals surface area contributed by atoms with E-state index in [0.29, 0.717) is 6.07 Å². The highest BCUT2D eigenvalue weighted by Crippen LogP contribution is 2.57. The molecule has 1 heterocycles. The van der Waals surface area contributed by atoms with E-state index in [9.17, 15) is 27.7 Å². The Kier molecular flexibility index (Phi) is 4.41. The minimum absolute atomic E-state index is 0.561. The van der Waals surface area contributed by atoms with Crippen molar-refractivity contribution >= 4 is 15.0 Å². The van der Waals surface area contributed by atoms with Gasteiger partial charge in [0.1, 0.15) is 0 Å². The number of rotatable bonds is 4. The van der Waals surface area contributed by atoms with Crippen molar-refractivity contribution in [2.24, 2.45) is 0 Å². The Morgan fingerprint density at radius 3 is 2.11 bits per heavy atom. The van der Waals surface area contributed by atoms with E-state index in [4.69, 9.17) is 4.89 Å². The summed E-state index contributed by atoms with van der Waals surface area (Å²) in [7, 11) is -9.31. The zero-order valence-corrected chi connectivity index (χ0v) is 11.0. The molecule has 1 aromatic heterocycles. The predicted octanol–water partition coefficient (Wildman–Crippen LogP) is 0.0243. The zero-order valence-electron chi connectivity index (χ0n) is 9.23. The topological polar surface area (TPSA) is 102 Å². The van der Waals surface area contributed by atoms with Gasteiger partial charge in [-0.1, -0.05) is 0 Å². The van der Waals surface area contributed by atoms with E-state index in [-0.39, 0.29) is 0 Å². The van der Waals surface area contributed by atoms with Gasteiger partial charge in [0.15, 0.2) is 31.2 Å². The lowest BCUT2D eigenvalue weighted by molar-refractivity contribution is -0.697. The first kappa shape index (κ1) is 15.4. The van der Waals surface area contributed by atoms with Gasteiger partial charge in [0.05, 0.1) is 0 Å². The standard InChI is InChI=1S/C8H11F2NO5P2/c1-17(12,13)8(18(14,15)16)5-11-3-6(9)2-7(10)4-11/h2-4,8H,5H2,1H3,(H2-,12,13,14,15,16). The molecule has 6 nitrogen and oxygen atoms in total. The predicted molar refractivity (Wildman–Crippen MR) is 55.9 cm³/mol. The fourth-order valence-corrected chi connectivity index (χ4v) is 4.43. The molecule has 0 amide bonds. The Labute approximate surface area is 102 Å². The molecule has 1 aromatic rings. The van der Waals surface area contributed by atoms with Gasteiger partial charge in [0.25, 0.3) is 0 Å². The highest BCUT2D eigenvalue weighted by molar-refractivity contribution is 7.72. The van der Waals surface area contributed by atoms with Gasteiger partial charge in [0.2, 0.25) is 19.8 Å². The first-order valence-corrected chi connectivity index (χ1v) is 8.51. The number of halogens is 2. The van der Waals surface area contributed by atoms with Crippen molar-refractivity contribution in [2.75, 3.05) is 6.66 Å². The van der Waals surface area contributed by atoms with Crippen LogP contribution in [0.15, 0.2) is 18.5 Å². The van der Waals surface area contributed by atoms with Crippen molar-refractivity contribution in [3.05, 3.63) is 30.1 Å². The lowest BCUT2D eigenvalue weighted by Gasteiger charge is -2.26. The zero-order chi connectivity index (χ0) is 14.1. The van der Waals surface area contributed by atoms with Crippen LogP contribution in [0.5, 0.6) is 0 Å². The van der Waals surface area contributed by atoms with Gasteiger partial charge in [-0.15, -0.1) is 0 Å². The van der Waals surface area contributed by atoms with Crippen LogP contribution in [0.3, 0.4) is 0 Å². The second-order valence-corrected chi connectivity index (χ2v) is 8.53. The minimum Gasteiger partial charge on any atom is -0.778 e. The monoisotopic (exact) mass is 301 g/mol. The molecule has 0 saturated carbocycles. The molecule has 0 bridgehead atoms. The minimum atomic E-state index is -5.12. The highest BCUT2D eigenvalue weighted by atomic mass is 31.2. The highest BCUT2D eigenvalue weighted by Gasteiger charge is 2.38. The fraction of sp³-hybridized carbons (Fsp3) is 0.375. The van der Waals surface area contributed by atoms with Gasteiger partial charge < -0.3 is 19.2 Å². The molecule has 0 aliphatic carbocycles. The lowest BCUT2D eigenvalue weighted by atomic mass is 10.4. The molecular formula is C8H11F2NO5P2. The Morgan fingerprint density at radius 2 is 1.78 bits per heavy atom. The maximum Gasteiger partial charge on any atom is 0.215 e. The van der Waals surface area contributed by atoms with E-state index >= 15 is 0 Å². The molecular weight excluding hydrogens is 290 g/mol. The second-order valence-electron chi connectivity index (χ2n) is 3.86. The van der Waals surface area contributed by atoms with Crippen LogP contribution in [0.25, 0.3) is 0 Å². The van der Waals surface area contributed by atoms with Crippen molar-refractivity contribution < 1.29 is 37.2 Å². The third-order valence-electron chi connectivity index (χ3n) is 2.16. The van der Waals surface area contributed by atoms with Crippen molar-refractivity contribution in [2.45, 2.75) is 11.9 Å². The van der Waals surface area contributed by atoms with Gasteiger partial charge in [-0.2, -0.15) is 4.57 Å². The summed E-state index contributed by atoms with van der Waals surface area (Å²) in [6.45, 7) is 0.0187. The molecule has 0 saturated heterocycles. The molecule has 10 heteroatoms. The molecule has 0 aromatic carbocycles. The number of pyridine rings is 1. The van der Waals surface area contributed by atoms with E-state index in [2.05, 4.69) is 0 Å². The largest absolute Gasteiger partial charge is 0.778 e. The van der Waals surface area contributed by atoms with Crippen molar-refractivity contribution in [3.8, 4) is 0 Å². The van der Waals surface area contributed by atoms with E-state index < -0.39 is 38.5 Å². The molecule has 0 spiro atoms. The summed E-state index contributed by atoms with van der Waals surface area (Å²) in [5.74, 6) is -1.95. The summed E-state index contributed by atoms with van der Waals surface area (Å²) in [4.78, 5) is 29.1. The average molecular weight is 301 g/mol. The molecule has 3 atom stereocenters. The van der Waals surface area contributed by atoms with Gasteiger partial charge in [-0.05, 0) is 0 Å². The molecule has 2 N–H and O–H groups in total. The number of hydrogen-bond donors (Lipinski definition) is 2. The molecule has 18 heavy (non-hydrogen) atoms. The van der Waals surface area contributed by atoms with E-state index in [1.54, 1.807) is 0 Å². The van der Waals surface area contributed by atoms with Crippen molar-refractivity contribution in [1.29, 1.82) is 0 Å². The number of hydrogen-bond acceptors (Lipinski definition) is 3. The summed E-state index contributed by atoms with van der Waals surface area (Å²) >= 11 is 0. The first-order valence-electron chi connectivity index (χ1n) is 4.68. The summed E-state index contributed by atoms with van der Waals surface area (Å²) in [5, 5.41) is -2.02. The Hall–Kier alpha value is -0.650. The normalized spacial score (nSPS) is 19.9. The first-order chi connectivity index (χ1) is 8.00. The summed E-state index contributed by atoms with van der Waals surface area (Å²) in [5.41, 5.74) is 0. The van der Waals surface area contributed by atoms with Crippen molar-refractivity contribution in [3.63, 3.8) is 0 Å². The summed E-state index contributed by atoms with van der Waals surface area (Å²) in [6.07, 6.45) is 1.50. The van der Waals surface area contributed by atoms with E-state index in [1.807, 2.05) is 0 Å². The summed E-state index contributed by atoms with van der Waals surface area (Å²) < 4.78 is 48.9. The van der Waals surface area contributed by atoms with Crippen molar-refractivity contribution in [1.82, 2.24) is 0 Å². The summed E-state index contributed by atoms with van der Waals surface area (Å²) in [6, 6.07) is 0.561. The molecule has 1 rings (SSSR count). The fourth-order valence-electron chi connectivity index (χ4n) is 1.38. The van der Waals surface area contributed by atoms with Crippen LogP contribution >= 0.6 is 15.0 Å². The van der Waals surface area contributed by atoms with Gasteiger partial charge in [-0.25, -0.2) is 8.78 Å². The van der Waals surface area contributed by atoms with Crippen LogP contribution in [-0.4, -0.2) is 21.9 Å². The van der Waals surface area contributed by atoms with Gasteiger partial charge in [0, 0.05) is 12.7 Å². The SMILES string of the molecule is CP(=O)(O)C(C[n+]1cc(F)cc(F)c1)P(=O)([O-])O. The molecule has 0 aliphatic rings. The van der Waals surface area contributed by atoms with Crippen LogP contribution < -0.4 is 9.46 Å². The van der Waals surface area contributed by atoms with Crippen LogP contribution in [0.4, 0.5) is 8.78 Å². The van der Waals surface area contributed by atoms with Gasteiger partial charge in [-0.3, -0.25) is 4.57 Å². The van der Waals surface area contributed by atoms with Crippen LogP contribution in [0.2, 0.25) is 0 Å². The second kappa shape index (κ2) is 5.15. The molecule has 0 radical (unpaired) electrons. The van der Waals surface area contributed by atoms with Crippen LogP contribution in [0.1, 0.15) is 0 Å². The van der Waals surface area contributed by atoms with E-state index in [0.717, 1.165) is 23.6 Å². The number of nitrogens with zero attached hydrogens (tertiary/aromatic N) is 1. The van der Waals surface area contributed by atoms with Crippen LogP contribution in [0, 0.1) is 11.6 Å². The molecule has 102 valence electrons. The quantitative estimate of drug-likeness (QED) is 0.603. The molecule has 3 unspecified atom stereocenters. The Bertz CT molecular complexity index is 498. The Morgan fingerprint density at radius 1 is 1.33 bits per heavy atom. The number of aromatic nitrogens is 1. The molecule has 0 fully saturated rings. The maximum atomic E-state index is 12.9. The lowest BCUT2D eigenvalue weighted by Crippen LogP contribution is -2.41. The third-order valence-corrected chi connectivity index (χ3v) is 6.50. The van der Waals surface area contributed by atoms with Gasteiger partial charge >= 0.3 is 0 Å². The van der Waals surface area contributed by atoms with E-state index in [1.165, 1.54) is 0 Å². The van der Waals surface area contributed by atoms with Crippen LogP contribution in [-0.2, 0) is 15.7 Å². The average Bonchev–Trinajstić information content (AvgIpc) is 2.08. The Balaban J connectivity index is 3.12. The smallest absolute Gasteiger partial charge is 0.215 e. The maximum absolute atomic E-state index is 12.9. The third kappa shape index (κ3) is 4.23. The molecule has 0 aliphatic heterocycles.